The van der Waals surface area contributed by atoms with Crippen LogP contribution >= 0.6 is 83.6 Å². The van der Waals surface area contributed by atoms with Crippen LogP contribution in [-0.2, 0) is 0 Å². The Labute approximate surface area is 355 Å². The first-order valence-corrected chi connectivity index (χ1v) is 16.2. The van der Waals surface area contributed by atoms with Gasteiger partial charge in [0.05, 0.1) is 56.1 Å². The minimum Gasteiger partial charge on any atom is -0.505 e. The Bertz CT molecular complexity index is 1960. The minimum absolute atomic E-state index is 0. The largest absolute Gasteiger partial charge is 0.505 e. The van der Waals surface area contributed by atoms with Crippen LogP contribution in [-0.4, -0.2) is 65.3 Å². The van der Waals surface area contributed by atoms with Crippen LogP contribution in [0.1, 0.15) is 25.2 Å². The molecule has 6 aromatic rings. The number of aryl methyl sites for hydroxylation is 2. The van der Waals surface area contributed by atoms with Gasteiger partial charge in [0, 0.05) is 34.5 Å². The average molecular weight is 910 g/mol. The van der Waals surface area contributed by atoms with Crippen LogP contribution in [0.15, 0.2) is 60.9 Å². The second-order valence-electron chi connectivity index (χ2n) is 10.3. The molecule has 304 valence electrons. The molecule has 0 atom stereocenters. The van der Waals surface area contributed by atoms with Crippen LogP contribution < -0.4 is 20.1 Å². The molecule has 14 nitrogen and oxygen atoms in total. The van der Waals surface area contributed by atoms with Gasteiger partial charge in [-0.15, -0.1) is 37.2 Å². The third-order valence-electron chi connectivity index (χ3n) is 6.94. The van der Waals surface area contributed by atoms with Crippen molar-refractivity contribution < 1.29 is 41.6 Å². The van der Waals surface area contributed by atoms with Crippen LogP contribution in [0.3, 0.4) is 0 Å². The quantitative estimate of drug-likeness (QED) is 0.107. The lowest BCUT2D eigenvalue weighted by Crippen LogP contribution is -1.99. The third-order valence-corrected chi connectivity index (χ3v) is 8.09. The van der Waals surface area contributed by atoms with Crippen molar-refractivity contribution in [1.82, 2.24) is 19.9 Å². The Hall–Kier alpha value is -3.77. The number of aromatic nitrogens is 4. The van der Waals surface area contributed by atoms with Crippen LogP contribution in [0.4, 0.5) is 22.7 Å². The van der Waals surface area contributed by atoms with Crippen LogP contribution in [0, 0.1) is 13.8 Å². The zero-order valence-electron chi connectivity index (χ0n) is 29.4. The van der Waals surface area contributed by atoms with Crippen molar-refractivity contribution in [2.45, 2.75) is 27.7 Å². The SMILES string of the molecule is CCOc1cc2c(Nc3cc(Cl)c(O)c(Cl)c3)ccnc2nc1C.CCOc1cc2c(Nc3cc(Cl)c(O)c(Cl)c3)ccnc2nc1C.Cl.Cl.Cl.O.O.O.O. The number of aromatic hydroxyl groups is 2. The van der Waals surface area contributed by atoms with E-state index in [0.29, 0.717) is 47.4 Å². The van der Waals surface area contributed by atoms with Crippen molar-refractivity contribution >= 4 is 128 Å². The highest BCUT2D eigenvalue weighted by Gasteiger charge is 2.13. The van der Waals surface area contributed by atoms with Crippen molar-refractivity contribution in [3.05, 3.63) is 92.4 Å². The summed E-state index contributed by atoms with van der Waals surface area (Å²) in [6, 6.07) is 13.8. The number of halogens is 7. The molecular formula is C34H41Cl7N6O8. The summed E-state index contributed by atoms with van der Waals surface area (Å²) in [7, 11) is 0. The van der Waals surface area contributed by atoms with Gasteiger partial charge in [0.15, 0.2) is 22.8 Å². The average Bonchev–Trinajstić information content (AvgIpc) is 3.04. The number of nitrogens with one attached hydrogen (secondary N) is 2. The molecule has 0 radical (unpaired) electrons. The number of nitrogens with zero attached hydrogens (tertiary/aromatic N) is 4. The molecule has 0 fully saturated rings. The maximum absolute atomic E-state index is 9.67. The molecule has 0 aliphatic heterocycles. The number of hydrogen-bond acceptors (Lipinski definition) is 10. The standard InChI is InChI=1S/2C17H15Cl2N3O2.3ClH.4H2O/c2*1-3-24-15-8-11-14(4-5-20-17(11)21-9(15)2)22-10-6-12(18)16(23)13(19)7-10;;;;;;;/h2*4-8,23H,3H2,1-2H3,(H,20,21,22);3*1H;4*1H2. The fraction of sp³-hybridized carbons (Fsp3) is 0.176. The molecule has 21 heteroatoms. The second kappa shape index (κ2) is 24.7. The van der Waals surface area contributed by atoms with Crippen molar-refractivity contribution in [3.63, 3.8) is 0 Å². The van der Waals surface area contributed by atoms with E-state index in [4.69, 9.17) is 55.9 Å². The lowest BCUT2D eigenvalue weighted by atomic mass is 10.2. The highest BCUT2D eigenvalue weighted by molar-refractivity contribution is 6.38. The molecule has 4 aromatic heterocycles. The highest BCUT2D eigenvalue weighted by atomic mass is 35.5. The zero-order valence-corrected chi connectivity index (χ0v) is 34.9. The van der Waals surface area contributed by atoms with E-state index in [1.54, 1.807) is 36.7 Å². The fourth-order valence-corrected chi connectivity index (χ4v) is 5.67. The topological polar surface area (TPSA) is 261 Å². The Morgan fingerprint density at radius 2 is 0.873 bits per heavy atom. The van der Waals surface area contributed by atoms with E-state index >= 15 is 0 Å². The first-order chi connectivity index (χ1) is 23.0. The molecule has 0 amide bonds. The molecule has 2 aromatic carbocycles. The molecule has 55 heavy (non-hydrogen) atoms. The predicted octanol–water partition coefficient (Wildman–Crippen LogP) is 8.15. The van der Waals surface area contributed by atoms with Crippen LogP contribution in [0.25, 0.3) is 22.1 Å². The lowest BCUT2D eigenvalue weighted by molar-refractivity contribution is 0.336. The van der Waals surface area contributed by atoms with E-state index in [-0.39, 0.29) is 90.7 Å². The molecule has 4 heterocycles. The number of phenolic OH excluding ortho intramolecular Hbond substituents is 2. The van der Waals surface area contributed by atoms with Crippen molar-refractivity contribution in [3.8, 4) is 23.0 Å². The van der Waals surface area contributed by atoms with E-state index in [9.17, 15) is 10.2 Å². The summed E-state index contributed by atoms with van der Waals surface area (Å²) in [4.78, 5) is 17.5. The Morgan fingerprint density at radius 1 is 0.564 bits per heavy atom. The van der Waals surface area contributed by atoms with Crippen molar-refractivity contribution in [2.75, 3.05) is 23.8 Å². The fourth-order valence-electron chi connectivity index (χ4n) is 4.69. The van der Waals surface area contributed by atoms with E-state index < -0.39 is 0 Å². The summed E-state index contributed by atoms with van der Waals surface area (Å²) in [5, 5.41) is 28.1. The van der Waals surface area contributed by atoms with Gasteiger partial charge in [-0.2, -0.15) is 0 Å². The van der Waals surface area contributed by atoms with Gasteiger partial charge in [-0.1, -0.05) is 46.4 Å². The molecule has 0 saturated carbocycles. The molecule has 0 aliphatic carbocycles. The molecular weight excluding hydrogens is 869 g/mol. The molecule has 0 spiro atoms. The highest BCUT2D eigenvalue weighted by Crippen LogP contribution is 2.38. The molecule has 12 N–H and O–H groups in total. The van der Waals surface area contributed by atoms with Gasteiger partial charge in [-0.05, 0) is 76.2 Å². The summed E-state index contributed by atoms with van der Waals surface area (Å²) >= 11 is 23.9. The van der Waals surface area contributed by atoms with Crippen molar-refractivity contribution in [2.24, 2.45) is 0 Å². The van der Waals surface area contributed by atoms with Gasteiger partial charge in [0.2, 0.25) is 0 Å². The van der Waals surface area contributed by atoms with Crippen molar-refractivity contribution in [1.29, 1.82) is 0 Å². The maximum Gasteiger partial charge on any atom is 0.161 e. The van der Waals surface area contributed by atoms with Crippen LogP contribution in [0.5, 0.6) is 23.0 Å². The first-order valence-electron chi connectivity index (χ1n) is 14.7. The number of rotatable bonds is 8. The maximum atomic E-state index is 9.67. The number of fused-ring (bicyclic) bond motifs is 2. The monoisotopic (exact) mass is 906 g/mol. The van der Waals surface area contributed by atoms with Gasteiger partial charge in [0.1, 0.15) is 11.5 Å². The molecule has 6 rings (SSSR count). The number of phenols is 2. The number of benzene rings is 2. The molecule has 0 bridgehead atoms. The molecule has 0 unspecified atom stereocenters. The lowest BCUT2D eigenvalue weighted by Gasteiger charge is -2.13. The van der Waals surface area contributed by atoms with Gasteiger partial charge in [-0.3, -0.25) is 0 Å². The molecule has 0 aliphatic rings. The van der Waals surface area contributed by atoms with Crippen LogP contribution in [0.2, 0.25) is 20.1 Å². The first kappa shape index (κ1) is 55.6. The summed E-state index contributed by atoms with van der Waals surface area (Å²) in [5.74, 6) is 1.14. The second-order valence-corrected chi connectivity index (χ2v) is 11.9. The van der Waals surface area contributed by atoms with Gasteiger partial charge < -0.3 is 52.2 Å². The van der Waals surface area contributed by atoms with Gasteiger partial charge in [0.25, 0.3) is 0 Å². The summed E-state index contributed by atoms with van der Waals surface area (Å²) in [6.45, 7) is 8.72. The zero-order chi connectivity index (χ0) is 34.5. The minimum atomic E-state index is -0.139. The Morgan fingerprint density at radius 3 is 1.16 bits per heavy atom. The Kier molecular flexibility index (Phi) is 24.9. The summed E-state index contributed by atoms with van der Waals surface area (Å²) in [6.07, 6.45) is 3.34. The smallest absolute Gasteiger partial charge is 0.161 e. The van der Waals surface area contributed by atoms with Gasteiger partial charge in [-0.25, -0.2) is 19.9 Å². The van der Waals surface area contributed by atoms with E-state index in [1.165, 1.54) is 0 Å². The normalized spacial score (nSPS) is 9.45. The predicted molar refractivity (Wildman–Crippen MR) is 230 cm³/mol. The summed E-state index contributed by atoms with van der Waals surface area (Å²) in [5.41, 5.74) is 5.64. The number of ether oxygens (including phenoxy) is 2. The third kappa shape index (κ3) is 13.2. The number of anilines is 4. The van der Waals surface area contributed by atoms with E-state index in [0.717, 1.165) is 33.5 Å². The summed E-state index contributed by atoms with van der Waals surface area (Å²) < 4.78 is 11.2. The van der Waals surface area contributed by atoms with E-state index in [1.807, 2.05) is 52.0 Å². The Balaban J connectivity index is -0.000000872. The molecule has 0 saturated heterocycles. The van der Waals surface area contributed by atoms with Gasteiger partial charge >= 0.3 is 0 Å². The number of hydrogen-bond donors (Lipinski definition) is 4. The number of pyridine rings is 4. The van der Waals surface area contributed by atoms with E-state index in [2.05, 4.69) is 30.6 Å².